The van der Waals surface area contributed by atoms with E-state index in [1.807, 2.05) is 51.1 Å². The second-order valence-corrected chi connectivity index (χ2v) is 7.59. The number of hydroxylamine groups is 2. The van der Waals surface area contributed by atoms with Gasteiger partial charge in [-0.15, -0.1) is 5.06 Å². The van der Waals surface area contributed by atoms with Crippen molar-refractivity contribution in [2.45, 2.75) is 36.3 Å². The third-order valence-electron chi connectivity index (χ3n) is 2.65. The number of halogens is 3. The van der Waals surface area contributed by atoms with Gasteiger partial charge in [0.05, 0.1) is 5.54 Å². The molecule has 0 aromatic heterocycles. The minimum absolute atomic E-state index is 0.0984. The van der Waals surface area contributed by atoms with Crippen molar-refractivity contribution >= 4 is 40.7 Å². The summed E-state index contributed by atoms with van der Waals surface area (Å²) >= 11 is 17.6. The zero-order valence-corrected chi connectivity index (χ0v) is 13.2. The van der Waals surface area contributed by atoms with Gasteiger partial charge in [-0.05, 0) is 26.3 Å². The van der Waals surface area contributed by atoms with E-state index in [4.69, 9.17) is 39.6 Å². The molecular formula is C13H15Cl3N2O. The Labute approximate surface area is 128 Å². The van der Waals surface area contributed by atoms with E-state index < -0.39 is 3.79 Å². The summed E-state index contributed by atoms with van der Waals surface area (Å²) in [6.45, 7) is 6.04. The fourth-order valence-corrected chi connectivity index (χ4v) is 2.04. The van der Waals surface area contributed by atoms with Crippen LogP contribution >= 0.6 is 34.8 Å². The van der Waals surface area contributed by atoms with E-state index in [1.54, 1.807) is 5.06 Å². The quantitative estimate of drug-likeness (QED) is 0.711. The highest BCUT2D eigenvalue weighted by Crippen LogP contribution is 2.40. The van der Waals surface area contributed by atoms with Crippen LogP contribution < -0.4 is 0 Å². The predicted molar refractivity (Wildman–Crippen MR) is 79.6 cm³/mol. The van der Waals surface area contributed by atoms with Crippen LogP contribution in [0.25, 0.3) is 0 Å². The molecule has 0 radical (unpaired) electrons. The first kappa shape index (κ1) is 14.9. The Morgan fingerprint density at radius 2 is 1.68 bits per heavy atom. The van der Waals surface area contributed by atoms with E-state index in [2.05, 4.69) is 4.99 Å². The van der Waals surface area contributed by atoms with Crippen molar-refractivity contribution < 1.29 is 4.84 Å². The van der Waals surface area contributed by atoms with Gasteiger partial charge in [-0.25, -0.2) is 4.99 Å². The zero-order chi connectivity index (χ0) is 14.3. The van der Waals surface area contributed by atoms with Gasteiger partial charge >= 0.3 is 0 Å². The molecule has 1 aliphatic heterocycles. The number of alkyl halides is 3. The van der Waals surface area contributed by atoms with Crippen LogP contribution in [-0.4, -0.2) is 20.3 Å². The van der Waals surface area contributed by atoms with Crippen LogP contribution in [0, 0.1) is 0 Å². The second-order valence-electron chi connectivity index (χ2n) is 5.30. The molecule has 1 aromatic rings. The summed E-state index contributed by atoms with van der Waals surface area (Å²) in [7, 11) is 0. The van der Waals surface area contributed by atoms with E-state index in [9.17, 15) is 0 Å². The fraction of sp³-hybridized carbons (Fsp3) is 0.462. The highest BCUT2D eigenvalue weighted by molar-refractivity contribution is 6.76. The number of aliphatic imine (C=N–C) groups is 1. The van der Waals surface area contributed by atoms with Crippen LogP contribution in [0.4, 0.5) is 0 Å². The first-order chi connectivity index (χ1) is 8.69. The first-order valence-electron chi connectivity index (χ1n) is 5.87. The molecule has 0 aliphatic carbocycles. The Morgan fingerprint density at radius 3 is 2.16 bits per heavy atom. The molecule has 3 nitrogen and oxygen atoms in total. The van der Waals surface area contributed by atoms with E-state index in [-0.39, 0.29) is 17.6 Å². The van der Waals surface area contributed by atoms with Crippen molar-refractivity contribution in [3.63, 3.8) is 0 Å². The molecule has 6 heteroatoms. The number of hydrogen-bond donors (Lipinski definition) is 0. The third-order valence-corrected chi connectivity index (χ3v) is 3.13. The molecule has 2 rings (SSSR count). The highest BCUT2D eigenvalue weighted by Gasteiger charge is 2.44. The average molecular weight is 322 g/mol. The van der Waals surface area contributed by atoms with Crippen molar-refractivity contribution in [1.29, 1.82) is 0 Å². The minimum atomic E-state index is -1.66. The second kappa shape index (κ2) is 5.13. The Morgan fingerprint density at radius 1 is 1.11 bits per heavy atom. The molecule has 0 saturated carbocycles. The van der Waals surface area contributed by atoms with E-state index in [1.165, 1.54) is 0 Å². The molecule has 0 saturated heterocycles. The van der Waals surface area contributed by atoms with E-state index >= 15 is 0 Å². The van der Waals surface area contributed by atoms with Gasteiger partial charge in [-0.1, -0.05) is 65.1 Å². The average Bonchev–Trinajstić information content (AvgIpc) is 2.74. The lowest BCUT2D eigenvalue weighted by Gasteiger charge is -2.33. The smallest absolute Gasteiger partial charge is 0.268 e. The fourth-order valence-electron chi connectivity index (χ4n) is 1.79. The monoisotopic (exact) mass is 320 g/mol. The SMILES string of the molecule is CC(C)(C)N1OC(C(Cl)(Cl)Cl)=NC1c1ccccc1. The topological polar surface area (TPSA) is 24.8 Å². The van der Waals surface area contributed by atoms with Crippen molar-refractivity contribution in [3.05, 3.63) is 35.9 Å². The minimum Gasteiger partial charge on any atom is -0.383 e. The van der Waals surface area contributed by atoms with Gasteiger partial charge in [-0.2, -0.15) is 0 Å². The van der Waals surface area contributed by atoms with Crippen molar-refractivity contribution in [2.24, 2.45) is 4.99 Å². The van der Waals surface area contributed by atoms with E-state index in [0.717, 1.165) is 5.56 Å². The molecule has 1 atom stereocenters. The Balaban J connectivity index is 2.39. The Bertz CT molecular complexity index is 477. The maximum absolute atomic E-state index is 5.86. The molecule has 104 valence electrons. The largest absolute Gasteiger partial charge is 0.383 e. The predicted octanol–water partition coefficient (Wildman–Crippen LogP) is 4.50. The van der Waals surface area contributed by atoms with Crippen LogP contribution in [0.3, 0.4) is 0 Å². The highest BCUT2D eigenvalue weighted by atomic mass is 35.6. The summed E-state index contributed by atoms with van der Waals surface area (Å²) in [5.41, 5.74) is 0.712. The Kier molecular flexibility index (Phi) is 4.03. The van der Waals surface area contributed by atoms with Gasteiger partial charge in [-0.3, -0.25) is 0 Å². The molecular weight excluding hydrogens is 307 g/mol. The normalized spacial score (nSPS) is 21.2. The summed E-state index contributed by atoms with van der Waals surface area (Å²) in [6, 6.07) is 9.77. The van der Waals surface area contributed by atoms with E-state index in [0.29, 0.717) is 0 Å². The molecule has 19 heavy (non-hydrogen) atoms. The van der Waals surface area contributed by atoms with Gasteiger partial charge in [0.25, 0.3) is 9.69 Å². The van der Waals surface area contributed by atoms with Crippen molar-refractivity contribution in [2.75, 3.05) is 0 Å². The van der Waals surface area contributed by atoms with Crippen LogP contribution in [0.15, 0.2) is 35.3 Å². The standard InChI is InChI=1S/C13H15Cl3N2O/c1-12(2,3)18-10(9-7-5-4-6-8-9)17-11(19-18)13(14,15)16/h4-8,10H,1-3H3. The summed E-state index contributed by atoms with van der Waals surface area (Å²) in [4.78, 5) is 10.0. The molecule has 0 spiro atoms. The summed E-state index contributed by atoms with van der Waals surface area (Å²) < 4.78 is -1.66. The number of hydrogen-bond acceptors (Lipinski definition) is 3. The molecule has 0 amide bonds. The molecule has 0 fully saturated rings. The third kappa shape index (κ3) is 3.34. The maximum Gasteiger partial charge on any atom is 0.268 e. The summed E-state index contributed by atoms with van der Waals surface area (Å²) in [5.74, 6) is 0.0984. The maximum atomic E-state index is 5.86. The zero-order valence-electron chi connectivity index (χ0n) is 10.9. The lowest BCUT2D eigenvalue weighted by molar-refractivity contribution is -0.151. The first-order valence-corrected chi connectivity index (χ1v) is 7.00. The number of benzene rings is 1. The number of nitrogens with zero attached hydrogens (tertiary/aromatic N) is 2. The van der Waals surface area contributed by atoms with Crippen LogP contribution in [0.5, 0.6) is 0 Å². The lowest BCUT2D eigenvalue weighted by Crippen LogP contribution is -2.42. The van der Waals surface area contributed by atoms with Gasteiger partial charge in [0, 0.05) is 0 Å². The van der Waals surface area contributed by atoms with Crippen LogP contribution in [0.2, 0.25) is 0 Å². The van der Waals surface area contributed by atoms with Gasteiger partial charge in [0.2, 0.25) is 0 Å². The Hall–Kier alpha value is -0.480. The lowest BCUT2D eigenvalue weighted by atomic mass is 10.1. The van der Waals surface area contributed by atoms with Gasteiger partial charge < -0.3 is 4.84 Å². The van der Waals surface area contributed by atoms with Crippen molar-refractivity contribution in [3.8, 4) is 0 Å². The molecule has 1 aliphatic rings. The number of rotatable bonds is 1. The van der Waals surface area contributed by atoms with Gasteiger partial charge in [0.15, 0.2) is 6.17 Å². The molecule has 0 bridgehead atoms. The molecule has 0 N–H and O–H groups in total. The molecule has 1 aromatic carbocycles. The van der Waals surface area contributed by atoms with Gasteiger partial charge in [0.1, 0.15) is 0 Å². The van der Waals surface area contributed by atoms with Crippen LogP contribution in [0.1, 0.15) is 32.5 Å². The summed E-state index contributed by atoms with van der Waals surface area (Å²) in [5, 5.41) is 1.74. The van der Waals surface area contributed by atoms with Crippen molar-refractivity contribution in [1.82, 2.24) is 5.06 Å². The summed E-state index contributed by atoms with van der Waals surface area (Å²) in [6.07, 6.45) is -0.313. The molecule has 1 heterocycles. The van der Waals surface area contributed by atoms with Crippen LogP contribution in [-0.2, 0) is 4.84 Å². The molecule has 1 unspecified atom stereocenters.